The number of carbonyl (C=O) groups is 3. The van der Waals surface area contributed by atoms with E-state index in [0.717, 1.165) is 51.4 Å². The first-order chi connectivity index (χ1) is 15.9. The maximum atomic E-state index is 12.4. The number of amides is 1. The lowest BCUT2D eigenvalue weighted by Gasteiger charge is -2.37. The molecule has 0 saturated carbocycles. The molecule has 1 rings (SSSR count). The summed E-state index contributed by atoms with van der Waals surface area (Å²) in [6, 6.07) is 0. The summed E-state index contributed by atoms with van der Waals surface area (Å²) in [5, 5.41) is 0. The van der Waals surface area contributed by atoms with Crippen LogP contribution in [-0.2, 0) is 28.6 Å². The van der Waals surface area contributed by atoms with Crippen molar-refractivity contribution in [2.24, 2.45) is 11.7 Å². The van der Waals surface area contributed by atoms with E-state index in [1.807, 2.05) is 0 Å². The third-order valence-electron chi connectivity index (χ3n) is 6.50. The van der Waals surface area contributed by atoms with Gasteiger partial charge in [0.05, 0.1) is 5.92 Å². The highest BCUT2D eigenvalue weighted by molar-refractivity contribution is 6.00. The first-order valence-electron chi connectivity index (χ1n) is 13.2. The number of primary amides is 1. The van der Waals surface area contributed by atoms with Crippen LogP contribution in [-0.4, -0.2) is 43.3 Å². The fourth-order valence-electron chi connectivity index (χ4n) is 4.43. The van der Waals surface area contributed by atoms with Crippen LogP contribution in [0.3, 0.4) is 0 Å². The molecule has 1 amide bonds. The molecule has 1 fully saturated rings. The standard InChI is InChI=1S/C26H47NO6/c1-4-6-8-10-11-12-13-14-15-17-20(32-26(30)23(31-3)24(27)28)19-22-21(25(29)33-22)18-16-9-7-5-2/h20-23H,4-19H2,1-3H3,(H2,27,28)/t20?,21-,22-,23-/m0/s1. The van der Waals surface area contributed by atoms with Gasteiger partial charge in [-0.15, -0.1) is 0 Å². The molecule has 0 spiro atoms. The second-order valence-electron chi connectivity index (χ2n) is 9.36. The number of ether oxygens (including phenoxy) is 3. The van der Waals surface area contributed by atoms with E-state index in [9.17, 15) is 14.4 Å². The zero-order valence-corrected chi connectivity index (χ0v) is 21.1. The largest absolute Gasteiger partial charge is 0.461 e. The summed E-state index contributed by atoms with van der Waals surface area (Å²) in [5.41, 5.74) is 5.25. The van der Waals surface area contributed by atoms with Crippen LogP contribution in [0.4, 0.5) is 0 Å². The van der Waals surface area contributed by atoms with Gasteiger partial charge in [-0.2, -0.15) is 0 Å². The zero-order chi connectivity index (χ0) is 24.5. The van der Waals surface area contributed by atoms with Gasteiger partial charge in [-0.1, -0.05) is 90.9 Å². The van der Waals surface area contributed by atoms with E-state index in [4.69, 9.17) is 19.9 Å². The Morgan fingerprint density at radius 2 is 1.45 bits per heavy atom. The van der Waals surface area contributed by atoms with Crippen LogP contribution in [0.1, 0.15) is 117 Å². The van der Waals surface area contributed by atoms with Crippen molar-refractivity contribution < 1.29 is 28.6 Å². The molecule has 33 heavy (non-hydrogen) atoms. The molecule has 2 N–H and O–H groups in total. The van der Waals surface area contributed by atoms with Gasteiger partial charge in [0.25, 0.3) is 5.91 Å². The summed E-state index contributed by atoms with van der Waals surface area (Å²) in [6.45, 7) is 4.38. The van der Waals surface area contributed by atoms with Crippen LogP contribution in [0, 0.1) is 5.92 Å². The molecule has 0 aromatic heterocycles. The average molecular weight is 470 g/mol. The lowest BCUT2D eigenvalue weighted by atomic mass is 9.86. The predicted molar refractivity (Wildman–Crippen MR) is 128 cm³/mol. The third-order valence-corrected chi connectivity index (χ3v) is 6.50. The molecular weight excluding hydrogens is 422 g/mol. The van der Waals surface area contributed by atoms with E-state index >= 15 is 0 Å². The second kappa shape index (κ2) is 17.8. The topological polar surface area (TPSA) is 105 Å². The monoisotopic (exact) mass is 469 g/mol. The highest BCUT2D eigenvalue weighted by Crippen LogP contribution is 2.32. The highest BCUT2D eigenvalue weighted by atomic mass is 16.6. The Morgan fingerprint density at radius 3 is 1.97 bits per heavy atom. The van der Waals surface area contributed by atoms with Crippen LogP contribution < -0.4 is 5.73 Å². The summed E-state index contributed by atoms with van der Waals surface area (Å²) in [7, 11) is 1.26. The summed E-state index contributed by atoms with van der Waals surface area (Å²) < 4.78 is 15.9. The number of hydrogen-bond donors (Lipinski definition) is 1. The first kappa shape index (κ1) is 29.4. The third kappa shape index (κ3) is 11.9. The second-order valence-corrected chi connectivity index (χ2v) is 9.36. The smallest absolute Gasteiger partial charge is 0.345 e. The Bertz CT molecular complexity index is 567. The number of hydrogen-bond acceptors (Lipinski definition) is 6. The molecule has 1 saturated heterocycles. The van der Waals surface area contributed by atoms with Gasteiger partial charge in [0.2, 0.25) is 6.10 Å². The molecule has 1 unspecified atom stereocenters. The van der Waals surface area contributed by atoms with Gasteiger partial charge in [0.1, 0.15) is 12.2 Å². The molecule has 0 aliphatic carbocycles. The molecule has 0 aromatic rings. The van der Waals surface area contributed by atoms with Crippen LogP contribution in [0.15, 0.2) is 0 Å². The van der Waals surface area contributed by atoms with Crippen LogP contribution >= 0.6 is 0 Å². The predicted octanol–water partition coefficient (Wildman–Crippen LogP) is 5.22. The fraction of sp³-hybridized carbons (Fsp3) is 0.885. The maximum absolute atomic E-state index is 12.4. The minimum atomic E-state index is -1.41. The number of unbranched alkanes of at least 4 members (excludes halogenated alkanes) is 11. The van der Waals surface area contributed by atoms with E-state index in [-0.39, 0.29) is 18.0 Å². The number of cyclic esters (lactones) is 1. The Kier molecular flexibility index (Phi) is 15.9. The van der Waals surface area contributed by atoms with E-state index < -0.39 is 24.1 Å². The lowest BCUT2D eigenvalue weighted by molar-refractivity contribution is -0.191. The van der Waals surface area contributed by atoms with Gasteiger partial charge < -0.3 is 19.9 Å². The highest BCUT2D eigenvalue weighted by Gasteiger charge is 2.43. The maximum Gasteiger partial charge on any atom is 0.345 e. The molecule has 1 aliphatic heterocycles. The fourth-order valence-corrected chi connectivity index (χ4v) is 4.43. The van der Waals surface area contributed by atoms with Crippen LogP contribution in [0.2, 0.25) is 0 Å². The molecule has 192 valence electrons. The molecule has 4 atom stereocenters. The van der Waals surface area contributed by atoms with E-state index in [1.54, 1.807) is 0 Å². The number of nitrogens with two attached hydrogens (primary N) is 1. The Balaban J connectivity index is 2.51. The lowest BCUT2D eigenvalue weighted by Crippen LogP contribution is -2.48. The number of carbonyl (C=O) groups excluding carboxylic acids is 3. The van der Waals surface area contributed by atoms with E-state index in [0.29, 0.717) is 12.8 Å². The van der Waals surface area contributed by atoms with Crippen LogP contribution in [0.5, 0.6) is 0 Å². The van der Waals surface area contributed by atoms with E-state index in [2.05, 4.69) is 13.8 Å². The average Bonchev–Trinajstić information content (AvgIpc) is 2.77. The molecule has 0 bridgehead atoms. The summed E-state index contributed by atoms with van der Waals surface area (Å²) in [4.78, 5) is 35.8. The molecule has 7 nitrogen and oxygen atoms in total. The van der Waals surface area contributed by atoms with Crippen molar-refractivity contribution in [3.05, 3.63) is 0 Å². The normalized spacial score (nSPS) is 19.4. The SMILES string of the molecule is CCCCCCCCCCCC(C[C@@H]1OC(=O)[C@H]1CCCCCC)OC(=O)[C@@H](OC)C(N)=O. The summed E-state index contributed by atoms with van der Waals surface area (Å²) >= 11 is 0. The van der Waals surface area contributed by atoms with Crippen molar-refractivity contribution in [3.8, 4) is 0 Å². The van der Waals surface area contributed by atoms with Crippen molar-refractivity contribution in [2.45, 2.75) is 135 Å². The van der Waals surface area contributed by atoms with Crippen molar-refractivity contribution >= 4 is 17.8 Å². The molecule has 7 heteroatoms. The summed E-state index contributed by atoms with van der Waals surface area (Å²) in [6.07, 6.45) is 15.1. The minimum absolute atomic E-state index is 0.124. The number of methoxy groups -OCH3 is 1. The van der Waals surface area contributed by atoms with Crippen molar-refractivity contribution in [1.82, 2.24) is 0 Å². The van der Waals surface area contributed by atoms with Crippen molar-refractivity contribution in [3.63, 3.8) is 0 Å². The molecule has 0 aromatic carbocycles. The number of esters is 2. The Morgan fingerprint density at radius 1 is 0.909 bits per heavy atom. The van der Waals surface area contributed by atoms with Gasteiger partial charge in [-0.3, -0.25) is 9.59 Å². The van der Waals surface area contributed by atoms with Gasteiger partial charge in [-0.25, -0.2) is 4.79 Å². The van der Waals surface area contributed by atoms with Crippen molar-refractivity contribution in [2.75, 3.05) is 7.11 Å². The molecule has 1 heterocycles. The van der Waals surface area contributed by atoms with Crippen LogP contribution in [0.25, 0.3) is 0 Å². The minimum Gasteiger partial charge on any atom is -0.461 e. The van der Waals surface area contributed by atoms with E-state index in [1.165, 1.54) is 45.6 Å². The van der Waals surface area contributed by atoms with Crippen molar-refractivity contribution in [1.29, 1.82) is 0 Å². The Hall–Kier alpha value is -1.63. The summed E-state index contributed by atoms with van der Waals surface area (Å²) in [5.74, 6) is -1.92. The van der Waals surface area contributed by atoms with Gasteiger partial charge >= 0.3 is 11.9 Å². The quantitative estimate of drug-likeness (QED) is 0.140. The molecule has 1 aliphatic rings. The molecule has 0 radical (unpaired) electrons. The number of rotatable bonds is 21. The Labute approximate surface area is 200 Å². The molecular formula is C26H47NO6. The first-order valence-corrected chi connectivity index (χ1v) is 13.2. The van der Waals surface area contributed by atoms with Gasteiger partial charge in [-0.05, 0) is 19.3 Å². The van der Waals surface area contributed by atoms with Gasteiger partial charge in [0.15, 0.2) is 0 Å². The zero-order valence-electron chi connectivity index (χ0n) is 21.1. The van der Waals surface area contributed by atoms with Gasteiger partial charge in [0, 0.05) is 13.5 Å².